The molecule has 116 valence electrons. The van der Waals surface area contributed by atoms with Crippen molar-refractivity contribution in [2.24, 2.45) is 7.05 Å². The molecule has 0 saturated heterocycles. The highest BCUT2D eigenvalue weighted by molar-refractivity contribution is 6.06. The Balaban J connectivity index is 1.95. The highest BCUT2D eigenvalue weighted by atomic mass is 19.2. The SMILES string of the molecule is Cn1cc(-c2ncccc2NC(=O)c2cccc(F)c2F)cn1. The number of anilines is 1. The molecule has 2 aromatic heterocycles. The Morgan fingerprint density at radius 1 is 1.22 bits per heavy atom. The number of carbonyl (C=O) groups is 1. The molecule has 1 aromatic carbocycles. The summed E-state index contributed by atoms with van der Waals surface area (Å²) in [4.78, 5) is 16.4. The molecule has 23 heavy (non-hydrogen) atoms. The first-order valence-electron chi connectivity index (χ1n) is 6.75. The third-order valence-corrected chi connectivity index (χ3v) is 3.23. The summed E-state index contributed by atoms with van der Waals surface area (Å²) in [5.41, 5.74) is 1.20. The third kappa shape index (κ3) is 2.94. The molecule has 3 rings (SSSR count). The smallest absolute Gasteiger partial charge is 0.258 e. The number of carbonyl (C=O) groups excluding carboxylic acids is 1. The number of amides is 1. The molecule has 0 spiro atoms. The Kier molecular flexibility index (Phi) is 3.84. The van der Waals surface area contributed by atoms with Gasteiger partial charge in [-0.05, 0) is 24.3 Å². The summed E-state index contributed by atoms with van der Waals surface area (Å²) >= 11 is 0. The van der Waals surface area contributed by atoms with Crippen molar-refractivity contribution < 1.29 is 13.6 Å². The van der Waals surface area contributed by atoms with Crippen molar-refractivity contribution in [1.29, 1.82) is 0 Å². The Morgan fingerprint density at radius 3 is 2.78 bits per heavy atom. The molecule has 1 amide bonds. The van der Waals surface area contributed by atoms with E-state index in [0.717, 1.165) is 6.07 Å². The number of nitrogens with zero attached hydrogens (tertiary/aromatic N) is 3. The molecule has 5 nitrogen and oxygen atoms in total. The predicted octanol–water partition coefficient (Wildman–Crippen LogP) is 3.01. The number of benzene rings is 1. The number of aromatic nitrogens is 3. The summed E-state index contributed by atoms with van der Waals surface area (Å²) < 4.78 is 28.6. The highest BCUT2D eigenvalue weighted by Gasteiger charge is 2.17. The molecule has 1 N–H and O–H groups in total. The van der Waals surface area contributed by atoms with Gasteiger partial charge in [0, 0.05) is 25.0 Å². The minimum atomic E-state index is -1.18. The molecule has 0 aliphatic heterocycles. The fourth-order valence-electron chi connectivity index (χ4n) is 2.15. The van der Waals surface area contributed by atoms with Crippen LogP contribution in [0.2, 0.25) is 0 Å². The Morgan fingerprint density at radius 2 is 2.04 bits per heavy atom. The van der Waals surface area contributed by atoms with Gasteiger partial charge < -0.3 is 5.32 Å². The van der Waals surface area contributed by atoms with Crippen LogP contribution in [0.1, 0.15) is 10.4 Å². The van der Waals surface area contributed by atoms with Crippen LogP contribution in [0.25, 0.3) is 11.3 Å². The van der Waals surface area contributed by atoms with E-state index < -0.39 is 17.5 Å². The first-order valence-corrected chi connectivity index (χ1v) is 6.75. The monoisotopic (exact) mass is 314 g/mol. The van der Waals surface area contributed by atoms with Gasteiger partial charge >= 0.3 is 0 Å². The molecule has 0 atom stereocenters. The van der Waals surface area contributed by atoms with E-state index in [9.17, 15) is 13.6 Å². The van der Waals surface area contributed by atoms with Gasteiger partial charge in [0.05, 0.1) is 23.1 Å². The van der Waals surface area contributed by atoms with Crippen molar-refractivity contribution in [3.63, 3.8) is 0 Å². The summed E-state index contributed by atoms with van der Waals surface area (Å²) in [6.07, 6.45) is 4.91. The minimum Gasteiger partial charge on any atom is -0.320 e. The molecule has 0 unspecified atom stereocenters. The molecule has 0 fully saturated rings. The number of hydrogen-bond acceptors (Lipinski definition) is 3. The summed E-state index contributed by atoms with van der Waals surface area (Å²) in [5, 5.41) is 6.61. The zero-order valence-electron chi connectivity index (χ0n) is 12.1. The van der Waals surface area contributed by atoms with Crippen molar-refractivity contribution in [3.8, 4) is 11.3 Å². The van der Waals surface area contributed by atoms with Crippen LogP contribution in [0.3, 0.4) is 0 Å². The van der Waals surface area contributed by atoms with Crippen LogP contribution < -0.4 is 5.32 Å². The Bertz CT molecular complexity index is 876. The summed E-state index contributed by atoms with van der Waals surface area (Å²) in [5.74, 6) is -3.01. The fourth-order valence-corrected chi connectivity index (χ4v) is 2.15. The van der Waals surface area contributed by atoms with Gasteiger partial charge in [0.1, 0.15) is 0 Å². The van der Waals surface area contributed by atoms with Crippen LogP contribution in [-0.2, 0) is 7.05 Å². The minimum absolute atomic E-state index is 0.369. The maximum Gasteiger partial charge on any atom is 0.258 e. The van der Waals surface area contributed by atoms with Crippen LogP contribution in [0, 0.1) is 11.6 Å². The molecule has 7 heteroatoms. The second kappa shape index (κ2) is 5.96. The van der Waals surface area contributed by atoms with E-state index in [1.54, 1.807) is 42.5 Å². The predicted molar refractivity (Wildman–Crippen MR) is 80.8 cm³/mol. The van der Waals surface area contributed by atoms with E-state index in [-0.39, 0.29) is 5.56 Å². The summed E-state index contributed by atoms with van der Waals surface area (Å²) in [6.45, 7) is 0. The highest BCUT2D eigenvalue weighted by Crippen LogP contribution is 2.25. The maximum absolute atomic E-state index is 13.7. The molecular weight excluding hydrogens is 302 g/mol. The average Bonchev–Trinajstić information content (AvgIpc) is 2.97. The van der Waals surface area contributed by atoms with Gasteiger partial charge in [-0.25, -0.2) is 8.78 Å². The van der Waals surface area contributed by atoms with Gasteiger partial charge in [0.2, 0.25) is 0 Å². The van der Waals surface area contributed by atoms with Gasteiger partial charge in [-0.3, -0.25) is 14.5 Å². The summed E-state index contributed by atoms with van der Waals surface area (Å²) in [7, 11) is 1.76. The third-order valence-electron chi connectivity index (χ3n) is 3.23. The number of hydrogen-bond donors (Lipinski definition) is 1. The lowest BCUT2D eigenvalue weighted by Gasteiger charge is -2.09. The summed E-state index contributed by atoms with van der Waals surface area (Å²) in [6, 6.07) is 6.71. The van der Waals surface area contributed by atoms with E-state index in [4.69, 9.17) is 0 Å². The zero-order chi connectivity index (χ0) is 16.4. The second-order valence-electron chi connectivity index (χ2n) is 4.86. The topological polar surface area (TPSA) is 59.8 Å². The van der Waals surface area contributed by atoms with Gasteiger partial charge in [-0.2, -0.15) is 5.10 Å². The Hall–Kier alpha value is -3.09. The lowest BCUT2D eigenvalue weighted by molar-refractivity contribution is 0.102. The molecule has 0 radical (unpaired) electrons. The van der Waals surface area contributed by atoms with Crippen molar-refractivity contribution >= 4 is 11.6 Å². The van der Waals surface area contributed by atoms with E-state index in [0.29, 0.717) is 16.9 Å². The molecular formula is C16H12F2N4O. The van der Waals surface area contributed by atoms with Crippen LogP contribution >= 0.6 is 0 Å². The van der Waals surface area contributed by atoms with Gasteiger partial charge in [0.25, 0.3) is 5.91 Å². The maximum atomic E-state index is 13.7. The van der Waals surface area contributed by atoms with Crippen molar-refractivity contribution in [2.45, 2.75) is 0 Å². The molecule has 0 aliphatic carbocycles. The Labute approximate surface area is 130 Å². The normalized spacial score (nSPS) is 10.6. The van der Waals surface area contributed by atoms with E-state index in [1.165, 1.54) is 12.1 Å². The van der Waals surface area contributed by atoms with Crippen LogP contribution in [-0.4, -0.2) is 20.7 Å². The first-order chi connectivity index (χ1) is 11.1. The zero-order valence-corrected chi connectivity index (χ0v) is 12.1. The van der Waals surface area contributed by atoms with Crippen LogP contribution in [0.5, 0.6) is 0 Å². The standard InChI is InChI=1S/C16H12F2N4O/c1-22-9-10(8-20-22)15-13(6-3-7-19-15)21-16(23)11-4-2-5-12(17)14(11)18/h2-9H,1H3,(H,21,23). The van der Waals surface area contributed by atoms with Crippen molar-refractivity contribution in [3.05, 3.63) is 66.1 Å². The van der Waals surface area contributed by atoms with Crippen LogP contribution in [0.15, 0.2) is 48.9 Å². The number of halogens is 2. The van der Waals surface area contributed by atoms with Crippen molar-refractivity contribution in [2.75, 3.05) is 5.32 Å². The van der Waals surface area contributed by atoms with E-state index in [1.807, 2.05) is 0 Å². The lowest BCUT2D eigenvalue weighted by atomic mass is 10.1. The molecule has 0 bridgehead atoms. The van der Waals surface area contributed by atoms with Crippen molar-refractivity contribution in [1.82, 2.24) is 14.8 Å². The number of rotatable bonds is 3. The van der Waals surface area contributed by atoms with E-state index in [2.05, 4.69) is 15.4 Å². The van der Waals surface area contributed by atoms with Gasteiger partial charge in [0.15, 0.2) is 11.6 Å². The van der Waals surface area contributed by atoms with Gasteiger partial charge in [-0.15, -0.1) is 0 Å². The molecule has 0 aliphatic rings. The lowest BCUT2D eigenvalue weighted by Crippen LogP contribution is -2.15. The number of aryl methyl sites for hydroxylation is 1. The van der Waals surface area contributed by atoms with E-state index >= 15 is 0 Å². The number of pyridine rings is 1. The van der Waals surface area contributed by atoms with Crippen LogP contribution in [0.4, 0.5) is 14.5 Å². The second-order valence-corrected chi connectivity index (χ2v) is 4.86. The fraction of sp³-hybridized carbons (Fsp3) is 0.0625. The molecule has 3 aromatic rings. The van der Waals surface area contributed by atoms with Gasteiger partial charge in [-0.1, -0.05) is 6.07 Å². The quantitative estimate of drug-likeness (QED) is 0.808. The largest absolute Gasteiger partial charge is 0.320 e. The number of nitrogens with one attached hydrogen (secondary N) is 1. The first kappa shape index (κ1) is 14.8. The molecule has 2 heterocycles. The molecule has 0 saturated carbocycles. The average molecular weight is 314 g/mol.